The summed E-state index contributed by atoms with van der Waals surface area (Å²) in [4.78, 5) is 24.8. The fourth-order valence-corrected chi connectivity index (χ4v) is 3.53. The highest BCUT2D eigenvalue weighted by molar-refractivity contribution is 6.30. The van der Waals surface area contributed by atoms with Crippen molar-refractivity contribution >= 4 is 34.4 Å². The fraction of sp³-hybridized carbons (Fsp3) is 0.200. The van der Waals surface area contributed by atoms with Crippen molar-refractivity contribution in [3.05, 3.63) is 63.8 Å². The van der Waals surface area contributed by atoms with E-state index in [1.54, 1.807) is 6.92 Å². The number of rotatable bonds is 4. The number of carbonyl (C=O) groups excluding carboxylic acids is 1. The summed E-state index contributed by atoms with van der Waals surface area (Å²) in [5.41, 5.74) is 0.617. The molecule has 0 bridgehead atoms. The summed E-state index contributed by atoms with van der Waals surface area (Å²) >= 11 is 5.66. The summed E-state index contributed by atoms with van der Waals surface area (Å²) in [7, 11) is 0. The first-order valence-corrected chi connectivity index (χ1v) is 8.81. The quantitative estimate of drug-likeness (QED) is 0.647. The van der Waals surface area contributed by atoms with Crippen LogP contribution in [-0.4, -0.2) is 26.7 Å². The third kappa shape index (κ3) is 3.11. The van der Waals surface area contributed by atoms with E-state index in [2.05, 4.69) is 0 Å². The van der Waals surface area contributed by atoms with Gasteiger partial charge in [0.2, 0.25) is 0 Å². The largest absolute Gasteiger partial charge is 0.505 e. The number of fused-ring (bicyclic) bond motifs is 1. The third-order valence-electron chi connectivity index (χ3n) is 4.75. The van der Waals surface area contributed by atoms with E-state index < -0.39 is 35.2 Å². The molecular weight excluding hydrogens is 392 g/mol. The molecule has 2 aromatic carbocycles. The second-order valence-electron chi connectivity index (χ2n) is 6.39. The summed E-state index contributed by atoms with van der Waals surface area (Å²) in [5.74, 6) is -5.16. The van der Waals surface area contributed by atoms with Gasteiger partial charge < -0.3 is 10.2 Å². The van der Waals surface area contributed by atoms with Gasteiger partial charge in [-0.25, -0.2) is 8.78 Å². The number of aromatic nitrogens is 1. The summed E-state index contributed by atoms with van der Waals surface area (Å²) in [6.07, 6.45) is 0.219. The Morgan fingerprint density at radius 1 is 1.18 bits per heavy atom. The van der Waals surface area contributed by atoms with Crippen molar-refractivity contribution in [3.8, 4) is 5.75 Å². The summed E-state index contributed by atoms with van der Waals surface area (Å²) in [5, 5.41) is 19.4. The molecule has 1 heterocycles. The number of benzene rings is 2. The lowest BCUT2D eigenvalue weighted by Gasteiger charge is -2.12. The van der Waals surface area contributed by atoms with Crippen LogP contribution in [0.3, 0.4) is 0 Å². The van der Waals surface area contributed by atoms with Gasteiger partial charge in [0.05, 0.1) is 16.5 Å². The molecule has 8 heteroatoms. The highest BCUT2D eigenvalue weighted by atomic mass is 35.5. The smallest absolute Gasteiger partial charge is 0.311 e. The number of halogens is 3. The Labute approximate surface area is 163 Å². The number of carboxylic acid groups (broad SMARTS) is 1. The minimum Gasteiger partial charge on any atom is -0.505 e. The normalized spacial score (nSPS) is 12.3. The van der Waals surface area contributed by atoms with Gasteiger partial charge in [0.1, 0.15) is 5.82 Å². The van der Waals surface area contributed by atoms with Crippen molar-refractivity contribution in [1.29, 1.82) is 0 Å². The van der Waals surface area contributed by atoms with E-state index in [9.17, 15) is 28.6 Å². The van der Waals surface area contributed by atoms with E-state index in [4.69, 9.17) is 11.6 Å². The van der Waals surface area contributed by atoms with Gasteiger partial charge in [0.15, 0.2) is 11.6 Å². The molecule has 2 N–H and O–H groups in total. The van der Waals surface area contributed by atoms with Crippen LogP contribution in [0.5, 0.6) is 5.75 Å². The second-order valence-corrected chi connectivity index (χ2v) is 6.80. The molecule has 3 aromatic rings. The van der Waals surface area contributed by atoms with Crippen LogP contribution in [0.25, 0.3) is 10.9 Å². The molecule has 0 fully saturated rings. The Bertz CT molecular complexity index is 1120. The molecule has 146 valence electrons. The van der Waals surface area contributed by atoms with Crippen molar-refractivity contribution in [1.82, 2.24) is 4.57 Å². The topological polar surface area (TPSA) is 79.5 Å². The van der Waals surface area contributed by atoms with Crippen LogP contribution in [-0.2, 0) is 4.79 Å². The van der Waals surface area contributed by atoms with Gasteiger partial charge in [-0.05, 0) is 43.2 Å². The number of aromatic hydroxyl groups is 1. The van der Waals surface area contributed by atoms with Gasteiger partial charge in [0, 0.05) is 22.7 Å². The molecule has 5 nitrogen and oxygen atoms in total. The van der Waals surface area contributed by atoms with E-state index in [1.807, 2.05) is 0 Å². The van der Waals surface area contributed by atoms with Crippen LogP contribution < -0.4 is 0 Å². The molecule has 28 heavy (non-hydrogen) atoms. The second kappa shape index (κ2) is 7.24. The van der Waals surface area contributed by atoms with E-state index in [-0.39, 0.29) is 33.6 Å². The highest BCUT2D eigenvalue weighted by Gasteiger charge is 2.29. The maximum atomic E-state index is 14.0. The number of nitrogens with zero attached hydrogens (tertiary/aromatic N) is 1. The number of hydrogen-bond donors (Lipinski definition) is 2. The summed E-state index contributed by atoms with van der Waals surface area (Å²) in [6, 6.07) is 5.57. The van der Waals surface area contributed by atoms with Crippen molar-refractivity contribution in [3.63, 3.8) is 0 Å². The molecule has 0 saturated heterocycles. The van der Waals surface area contributed by atoms with Gasteiger partial charge >= 0.3 is 5.97 Å². The molecule has 1 atom stereocenters. The van der Waals surface area contributed by atoms with Crippen LogP contribution >= 0.6 is 11.6 Å². The molecule has 0 aliphatic rings. The van der Waals surface area contributed by atoms with Crippen LogP contribution in [0.1, 0.15) is 40.9 Å². The molecule has 0 radical (unpaired) electrons. The molecule has 0 aliphatic heterocycles. The molecule has 0 spiro atoms. The van der Waals surface area contributed by atoms with Crippen LogP contribution in [0.4, 0.5) is 8.78 Å². The predicted octanol–water partition coefficient (Wildman–Crippen LogP) is 4.85. The van der Waals surface area contributed by atoms with Gasteiger partial charge in [0.25, 0.3) is 5.91 Å². The molecule has 0 unspecified atom stereocenters. The molecular formula is C20H16ClF2NO4. The average molecular weight is 408 g/mol. The van der Waals surface area contributed by atoms with Crippen LogP contribution in [0.15, 0.2) is 30.3 Å². The van der Waals surface area contributed by atoms with Crippen LogP contribution in [0, 0.1) is 18.6 Å². The Morgan fingerprint density at radius 3 is 2.43 bits per heavy atom. The number of aliphatic carboxylic acids is 1. The van der Waals surface area contributed by atoms with Gasteiger partial charge in [-0.2, -0.15) is 0 Å². The summed E-state index contributed by atoms with van der Waals surface area (Å²) < 4.78 is 29.0. The molecule has 1 aromatic heterocycles. The van der Waals surface area contributed by atoms with Crippen molar-refractivity contribution in [2.24, 2.45) is 0 Å². The van der Waals surface area contributed by atoms with Gasteiger partial charge in [-0.3, -0.25) is 14.2 Å². The lowest BCUT2D eigenvalue weighted by atomic mass is 9.94. The highest BCUT2D eigenvalue weighted by Crippen LogP contribution is 2.37. The molecule has 0 aliphatic carbocycles. The fourth-order valence-electron chi connectivity index (χ4n) is 3.41. The van der Waals surface area contributed by atoms with E-state index in [1.165, 1.54) is 19.1 Å². The monoisotopic (exact) mass is 407 g/mol. The lowest BCUT2D eigenvalue weighted by Crippen LogP contribution is -2.16. The Hall–Kier alpha value is -2.93. The Kier molecular flexibility index (Phi) is 5.12. The van der Waals surface area contributed by atoms with E-state index >= 15 is 0 Å². The van der Waals surface area contributed by atoms with Crippen molar-refractivity contribution in [2.75, 3.05) is 0 Å². The van der Waals surface area contributed by atoms with Crippen molar-refractivity contribution in [2.45, 2.75) is 26.2 Å². The van der Waals surface area contributed by atoms with Crippen molar-refractivity contribution < 1.29 is 28.6 Å². The third-order valence-corrected chi connectivity index (χ3v) is 5.05. The minimum atomic E-state index is -1.11. The molecule has 0 amide bonds. The SMILES string of the molecule is CC[C@H](C(=O)O)c1c(C)n(C(=O)c2ccc(Cl)c(F)c2)c2cc(F)c(O)cc12. The van der Waals surface area contributed by atoms with Gasteiger partial charge in [-0.1, -0.05) is 18.5 Å². The lowest BCUT2D eigenvalue weighted by molar-refractivity contribution is -0.138. The average Bonchev–Trinajstić information content (AvgIpc) is 2.89. The standard InChI is InChI=1S/C20H16ClF2NO4/c1-3-11(20(27)28)18-9(2)24(16-8-15(23)17(25)7-12(16)18)19(26)10-4-5-13(21)14(22)6-10/h4-8,11,25H,3H2,1-2H3,(H,27,28)/t11-/m0/s1. The Morgan fingerprint density at radius 2 is 1.86 bits per heavy atom. The zero-order valence-electron chi connectivity index (χ0n) is 15.0. The Balaban J connectivity index is 2.34. The number of carboxylic acids is 1. The number of phenols is 1. The summed E-state index contributed by atoms with van der Waals surface area (Å²) in [6.45, 7) is 3.20. The maximum absolute atomic E-state index is 14.0. The first-order chi connectivity index (χ1) is 13.2. The predicted molar refractivity (Wildman–Crippen MR) is 100 cm³/mol. The number of hydrogen-bond acceptors (Lipinski definition) is 3. The zero-order chi connectivity index (χ0) is 20.7. The number of carbonyl (C=O) groups is 2. The zero-order valence-corrected chi connectivity index (χ0v) is 15.7. The van der Waals surface area contributed by atoms with E-state index in [0.29, 0.717) is 5.56 Å². The first kappa shape index (κ1) is 19.8. The maximum Gasteiger partial charge on any atom is 0.311 e. The van der Waals surface area contributed by atoms with Crippen LogP contribution in [0.2, 0.25) is 5.02 Å². The minimum absolute atomic E-state index is 0.0368. The van der Waals surface area contributed by atoms with E-state index in [0.717, 1.165) is 22.8 Å². The van der Waals surface area contributed by atoms with Gasteiger partial charge in [-0.15, -0.1) is 0 Å². The first-order valence-electron chi connectivity index (χ1n) is 8.43. The number of phenolic OH excluding ortho intramolecular Hbond substituents is 1. The molecule has 3 rings (SSSR count). The molecule has 0 saturated carbocycles.